The minimum absolute atomic E-state index is 0.0161. The summed E-state index contributed by atoms with van der Waals surface area (Å²) >= 11 is 0. The van der Waals surface area contributed by atoms with Gasteiger partial charge in [0.1, 0.15) is 16.4 Å². The summed E-state index contributed by atoms with van der Waals surface area (Å²) in [5.41, 5.74) is 0.353. The van der Waals surface area contributed by atoms with Crippen molar-refractivity contribution < 1.29 is 22.7 Å². The van der Waals surface area contributed by atoms with Gasteiger partial charge in [-0.3, -0.25) is 14.3 Å². The van der Waals surface area contributed by atoms with E-state index in [0.29, 0.717) is 24.1 Å². The van der Waals surface area contributed by atoms with E-state index in [1.807, 2.05) is 0 Å². The zero-order chi connectivity index (χ0) is 23.2. The molecule has 33 heavy (non-hydrogen) atoms. The number of benzene rings is 2. The Balaban J connectivity index is 1.60. The number of aromatic amines is 1. The van der Waals surface area contributed by atoms with Gasteiger partial charge in [0.25, 0.3) is 15.6 Å². The number of fused-ring (bicyclic) bond motifs is 2. The van der Waals surface area contributed by atoms with E-state index in [4.69, 9.17) is 9.47 Å². The number of amides is 1. The normalized spacial score (nSPS) is 16.0. The van der Waals surface area contributed by atoms with Gasteiger partial charge in [0.2, 0.25) is 5.91 Å². The molecule has 3 N–H and O–H groups in total. The van der Waals surface area contributed by atoms with E-state index in [1.54, 1.807) is 30.3 Å². The van der Waals surface area contributed by atoms with Gasteiger partial charge in [0, 0.05) is 18.3 Å². The van der Waals surface area contributed by atoms with Gasteiger partial charge in [-0.15, -0.1) is 0 Å². The van der Waals surface area contributed by atoms with Crippen molar-refractivity contribution in [2.75, 3.05) is 17.1 Å². The van der Waals surface area contributed by atoms with Crippen LogP contribution in [0.1, 0.15) is 24.8 Å². The number of H-pyrrole nitrogens is 1. The van der Waals surface area contributed by atoms with Crippen LogP contribution in [0.3, 0.4) is 0 Å². The highest BCUT2D eigenvalue weighted by Gasteiger charge is 2.52. The number of para-hydroxylation sites is 1. The number of rotatable bonds is 6. The molecule has 0 radical (unpaired) electrons. The van der Waals surface area contributed by atoms with Gasteiger partial charge in [-0.05, 0) is 42.7 Å². The lowest BCUT2D eigenvalue weighted by Gasteiger charge is -2.36. The molecule has 0 saturated heterocycles. The van der Waals surface area contributed by atoms with Crippen LogP contribution in [-0.4, -0.2) is 26.4 Å². The third-order valence-electron chi connectivity index (χ3n) is 6.08. The van der Waals surface area contributed by atoms with E-state index in [0.717, 1.165) is 6.42 Å². The topological polar surface area (TPSA) is 127 Å². The molecule has 170 valence electrons. The molecular formula is C23H21N3O6S. The maximum absolute atomic E-state index is 13.1. The van der Waals surface area contributed by atoms with Gasteiger partial charge in [0.15, 0.2) is 5.75 Å². The van der Waals surface area contributed by atoms with Gasteiger partial charge in [0.05, 0.1) is 23.9 Å². The number of methoxy groups -OCH3 is 1. The molecule has 1 saturated carbocycles. The Morgan fingerprint density at radius 1 is 1.03 bits per heavy atom. The summed E-state index contributed by atoms with van der Waals surface area (Å²) in [7, 11) is -2.60. The van der Waals surface area contributed by atoms with Crippen LogP contribution in [0.25, 0.3) is 0 Å². The molecule has 0 bridgehead atoms. The van der Waals surface area contributed by atoms with Gasteiger partial charge in [-0.1, -0.05) is 18.6 Å². The van der Waals surface area contributed by atoms with E-state index in [9.17, 15) is 18.0 Å². The second-order valence-electron chi connectivity index (χ2n) is 8.03. The number of nitrogens with one attached hydrogen (secondary N) is 3. The number of pyridine rings is 1. The summed E-state index contributed by atoms with van der Waals surface area (Å²) in [5, 5.41) is 2.89. The molecule has 1 spiro atoms. The van der Waals surface area contributed by atoms with Crippen molar-refractivity contribution in [3.8, 4) is 17.2 Å². The summed E-state index contributed by atoms with van der Waals surface area (Å²) in [4.78, 5) is 27.0. The zero-order valence-electron chi connectivity index (χ0n) is 17.7. The minimum atomic E-state index is -4.00. The second kappa shape index (κ2) is 7.66. The summed E-state index contributed by atoms with van der Waals surface area (Å²) in [6.45, 7) is 0. The molecule has 9 nitrogen and oxygen atoms in total. The van der Waals surface area contributed by atoms with Crippen molar-refractivity contribution in [2.45, 2.75) is 29.6 Å². The third-order valence-corrected chi connectivity index (χ3v) is 7.50. The minimum Gasteiger partial charge on any atom is -0.495 e. The first-order valence-electron chi connectivity index (χ1n) is 10.3. The number of hydrogen-bond acceptors (Lipinski definition) is 6. The fourth-order valence-electron chi connectivity index (χ4n) is 4.31. The van der Waals surface area contributed by atoms with Gasteiger partial charge >= 0.3 is 0 Å². The molecule has 2 aliphatic rings. The van der Waals surface area contributed by atoms with Crippen LogP contribution in [0.15, 0.2) is 64.4 Å². The maximum atomic E-state index is 13.1. The molecule has 10 heteroatoms. The summed E-state index contributed by atoms with van der Waals surface area (Å²) < 4.78 is 40.0. The van der Waals surface area contributed by atoms with E-state index in [2.05, 4.69) is 15.0 Å². The van der Waals surface area contributed by atoms with Crippen LogP contribution >= 0.6 is 0 Å². The van der Waals surface area contributed by atoms with Crippen molar-refractivity contribution in [1.82, 2.24) is 4.98 Å². The van der Waals surface area contributed by atoms with Gasteiger partial charge in [-0.25, -0.2) is 8.42 Å². The van der Waals surface area contributed by atoms with E-state index in [-0.39, 0.29) is 39.3 Å². The molecule has 1 aliphatic carbocycles. The highest BCUT2D eigenvalue weighted by atomic mass is 32.2. The number of carbonyl (C=O) groups is 1. The molecule has 2 aromatic carbocycles. The molecule has 0 atom stereocenters. The number of carbonyl (C=O) groups excluding carboxylic acids is 1. The smallest absolute Gasteiger partial charge is 0.265 e. The Morgan fingerprint density at radius 2 is 1.82 bits per heavy atom. The summed E-state index contributed by atoms with van der Waals surface area (Å²) in [5.74, 6) is 0.574. The van der Waals surface area contributed by atoms with Crippen molar-refractivity contribution in [2.24, 2.45) is 0 Å². The van der Waals surface area contributed by atoms with Crippen molar-refractivity contribution in [1.29, 1.82) is 0 Å². The molecule has 3 aromatic rings. The summed E-state index contributed by atoms with van der Waals surface area (Å²) in [6.07, 6.45) is 3.67. The van der Waals surface area contributed by atoms with Gasteiger partial charge in [-0.2, -0.15) is 0 Å². The van der Waals surface area contributed by atoms with Crippen LogP contribution in [0, 0.1) is 0 Å². The molecule has 0 unspecified atom stereocenters. The quantitative estimate of drug-likeness (QED) is 0.510. The number of sulfonamides is 1. The lowest BCUT2D eigenvalue weighted by atomic mass is 9.65. The van der Waals surface area contributed by atoms with Crippen LogP contribution in [0.5, 0.6) is 17.2 Å². The fraction of sp³-hybridized carbons (Fsp3) is 0.217. The molecule has 5 rings (SSSR count). The largest absolute Gasteiger partial charge is 0.495 e. The monoisotopic (exact) mass is 467 g/mol. The number of aromatic nitrogens is 1. The standard InChI is InChI=1S/C23H21N3O6S/c1-31-17-5-2-3-6-19(17)33(29,30)26-14-11-16-21(25-22(28)23(16)8-4-9-23)18(12-14)32-15-7-10-24-20(27)13-15/h2-3,5-7,10-13,26H,4,8-9H2,1H3,(H,24,27)(H,25,28). The number of hydrogen-bond donors (Lipinski definition) is 3. The molecule has 2 heterocycles. The Morgan fingerprint density at radius 3 is 2.52 bits per heavy atom. The Labute approximate surface area is 189 Å². The second-order valence-corrected chi connectivity index (χ2v) is 9.68. The predicted octanol–water partition coefficient (Wildman–Crippen LogP) is 3.35. The highest BCUT2D eigenvalue weighted by molar-refractivity contribution is 7.92. The zero-order valence-corrected chi connectivity index (χ0v) is 18.5. The van der Waals surface area contributed by atoms with Crippen molar-refractivity contribution >= 4 is 27.3 Å². The molecule has 1 aliphatic heterocycles. The van der Waals surface area contributed by atoms with Crippen LogP contribution in [-0.2, 0) is 20.2 Å². The molecule has 1 aromatic heterocycles. The fourth-order valence-corrected chi connectivity index (χ4v) is 5.52. The third kappa shape index (κ3) is 3.52. The molecule has 1 fully saturated rings. The first kappa shape index (κ1) is 21.1. The summed E-state index contributed by atoms with van der Waals surface area (Å²) in [6, 6.07) is 12.3. The first-order chi connectivity index (χ1) is 15.8. The SMILES string of the molecule is COc1ccccc1S(=O)(=O)Nc1cc(Oc2cc[nH]c(=O)c2)c2c(c1)C1(CCC1)C(=O)N2. The predicted molar refractivity (Wildman–Crippen MR) is 122 cm³/mol. The highest BCUT2D eigenvalue weighted by Crippen LogP contribution is 2.55. The van der Waals surface area contributed by atoms with Crippen LogP contribution < -0.4 is 25.1 Å². The van der Waals surface area contributed by atoms with E-state index in [1.165, 1.54) is 31.5 Å². The lowest BCUT2D eigenvalue weighted by molar-refractivity contribution is -0.123. The van der Waals surface area contributed by atoms with Crippen LogP contribution in [0.4, 0.5) is 11.4 Å². The lowest BCUT2D eigenvalue weighted by Crippen LogP contribution is -2.40. The maximum Gasteiger partial charge on any atom is 0.265 e. The van der Waals surface area contributed by atoms with E-state index < -0.39 is 15.4 Å². The number of ether oxygens (including phenoxy) is 2. The first-order valence-corrected chi connectivity index (χ1v) is 11.8. The van der Waals surface area contributed by atoms with Crippen LogP contribution in [0.2, 0.25) is 0 Å². The van der Waals surface area contributed by atoms with Gasteiger partial charge < -0.3 is 19.8 Å². The van der Waals surface area contributed by atoms with E-state index >= 15 is 0 Å². The Kier molecular flexibility index (Phi) is 4.89. The Hall–Kier alpha value is -3.79. The average Bonchev–Trinajstić information content (AvgIpc) is 3.06. The Bertz CT molecular complexity index is 1430. The van der Waals surface area contributed by atoms with Crippen molar-refractivity contribution in [3.05, 3.63) is 70.6 Å². The molecule has 1 amide bonds. The van der Waals surface area contributed by atoms with Crippen molar-refractivity contribution in [3.63, 3.8) is 0 Å². The molecular weight excluding hydrogens is 446 g/mol. The number of anilines is 2. The average molecular weight is 468 g/mol.